The van der Waals surface area contributed by atoms with Gasteiger partial charge in [0.1, 0.15) is 0 Å². The van der Waals surface area contributed by atoms with Crippen LogP contribution < -0.4 is 11.1 Å². The van der Waals surface area contributed by atoms with Crippen molar-refractivity contribution in [2.75, 3.05) is 7.05 Å². The molecule has 0 heterocycles. The summed E-state index contributed by atoms with van der Waals surface area (Å²) in [6.45, 7) is 5.91. The van der Waals surface area contributed by atoms with Crippen LogP contribution in [-0.4, -0.2) is 34.7 Å². The first-order chi connectivity index (χ1) is 10.2. The van der Waals surface area contributed by atoms with Gasteiger partial charge in [-0.25, -0.2) is 9.18 Å². The van der Waals surface area contributed by atoms with Crippen LogP contribution >= 0.6 is 0 Å². The number of halogens is 1. The molecule has 4 N–H and O–H groups in total. The number of phenolic OH excluding ortho intramolecular Hbond substituents is 1. The number of nitrogens with one attached hydrogen (secondary N) is 1. The van der Waals surface area contributed by atoms with Crippen LogP contribution in [-0.2, 0) is 6.54 Å². The standard InChI is InChI=1S/C16H26FN3O2/c1-5-12(9-16(2,3)18)20(4)15(22)19-10-11-7-6-8-13(17)14(11)21/h6-8,12,21H,5,9-10,18H2,1-4H3,(H,19,22). The predicted octanol–water partition coefficient (Wildman–Crippen LogP) is 2.58. The van der Waals surface area contributed by atoms with E-state index >= 15 is 0 Å². The molecule has 6 heteroatoms. The second-order valence-electron chi connectivity index (χ2n) is 6.27. The normalized spacial score (nSPS) is 12.8. The summed E-state index contributed by atoms with van der Waals surface area (Å²) in [7, 11) is 1.71. The fraction of sp³-hybridized carbons (Fsp3) is 0.562. The van der Waals surface area contributed by atoms with E-state index in [2.05, 4.69) is 5.32 Å². The number of urea groups is 1. The molecule has 5 nitrogen and oxygen atoms in total. The van der Waals surface area contributed by atoms with E-state index in [9.17, 15) is 14.3 Å². The number of hydrogen-bond acceptors (Lipinski definition) is 3. The lowest BCUT2D eigenvalue weighted by atomic mass is 9.94. The molecular weight excluding hydrogens is 285 g/mol. The van der Waals surface area contributed by atoms with Gasteiger partial charge in [0.25, 0.3) is 0 Å². The van der Waals surface area contributed by atoms with Gasteiger partial charge in [0.15, 0.2) is 11.6 Å². The number of nitrogens with two attached hydrogens (primary N) is 1. The Morgan fingerprint density at radius 3 is 2.68 bits per heavy atom. The van der Waals surface area contributed by atoms with E-state index in [1.54, 1.807) is 18.0 Å². The molecule has 0 radical (unpaired) electrons. The zero-order valence-electron chi connectivity index (χ0n) is 13.7. The van der Waals surface area contributed by atoms with Crippen molar-refractivity contribution in [1.29, 1.82) is 0 Å². The van der Waals surface area contributed by atoms with E-state index in [1.807, 2.05) is 20.8 Å². The minimum absolute atomic E-state index is 0.0149. The molecule has 0 aliphatic carbocycles. The summed E-state index contributed by atoms with van der Waals surface area (Å²) in [4.78, 5) is 13.8. The van der Waals surface area contributed by atoms with Crippen molar-refractivity contribution in [3.05, 3.63) is 29.6 Å². The van der Waals surface area contributed by atoms with Crippen LogP contribution in [0.1, 0.15) is 39.2 Å². The Balaban J connectivity index is 2.65. The third kappa shape index (κ3) is 5.18. The number of carbonyl (C=O) groups excluding carboxylic acids is 1. The number of hydrogen-bond donors (Lipinski definition) is 3. The van der Waals surface area contributed by atoms with Gasteiger partial charge >= 0.3 is 6.03 Å². The van der Waals surface area contributed by atoms with E-state index in [1.165, 1.54) is 12.1 Å². The van der Waals surface area contributed by atoms with Crippen molar-refractivity contribution < 1.29 is 14.3 Å². The molecule has 1 unspecified atom stereocenters. The number of para-hydroxylation sites is 1. The SMILES string of the molecule is CCC(CC(C)(C)N)N(C)C(=O)NCc1cccc(F)c1O. The van der Waals surface area contributed by atoms with Gasteiger partial charge in [-0.15, -0.1) is 0 Å². The van der Waals surface area contributed by atoms with Gasteiger partial charge in [0, 0.05) is 30.7 Å². The lowest BCUT2D eigenvalue weighted by Gasteiger charge is -2.32. The summed E-state index contributed by atoms with van der Waals surface area (Å²) >= 11 is 0. The van der Waals surface area contributed by atoms with E-state index in [0.717, 1.165) is 6.42 Å². The van der Waals surface area contributed by atoms with Gasteiger partial charge in [0.05, 0.1) is 0 Å². The monoisotopic (exact) mass is 311 g/mol. The molecule has 0 bridgehead atoms. The number of nitrogens with zero attached hydrogens (tertiary/aromatic N) is 1. The number of rotatable bonds is 6. The summed E-state index contributed by atoms with van der Waals surface area (Å²) in [5.41, 5.74) is 5.99. The summed E-state index contributed by atoms with van der Waals surface area (Å²) < 4.78 is 13.2. The number of aromatic hydroxyl groups is 1. The molecule has 0 spiro atoms. The Morgan fingerprint density at radius 1 is 1.50 bits per heavy atom. The molecule has 1 atom stereocenters. The highest BCUT2D eigenvalue weighted by molar-refractivity contribution is 5.74. The van der Waals surface area contributed by atoms with Gasteiger partial charge in [-0.3, -0.25) is 0 Å². The van der Waals surface area contributed by atoms with Crippen LogP contribution in [0.3, 0.4) is 0 Å². The van der Waals surface area contributed by atoms with Crippen LogP contribution in [0.25, 0.3) is 0 Å². The first-order valence-electron chi connectivity index (χ1n) is 7.41. The van der Waals surface area contributed by atoms with Crippen LogP contribution in [0, 0.1) is 5.82 Å². The zero-order chi connectivity index (χ0) is 16.9. The van der Waals surface area contributed by atoms with Crippen molar-refractivity contribution in [2.24, 2.45) is 5.73 Å². The Hall–Kier alpha value is -1.82. The molecule has 1 aromatic rings. The third-order valence-electron chi connectivity index (χ3n) is 3.60. The van der Waals surface area contributed by atoms with Crippen LogP contribution in [0.5, 0.6) is 5.75 Å². The van der Waals surface area contributed by atoms with Gasteiger partial charge in [-0.05, 0) is 32.8 Å². The zero-order valence-corrected chi connectivity index (χ0v) is 13.7. The van der Waals surface area contributed by atoms with E-state index in [-0.39, 0.29) is 24.2 Å². The lowest BCUT2D eigenvalue weighted by Crippen LogP contribution is -2.47. The van der Waals surface area contributed by atoms with Crippen molar-refractivity contribution >= 4 is 6.03 Å². The summed E-state index contributed by atoms with van der Waals surface area (Å²) in [5.74, 6) is -1.13. The predicted molar refractivity (Wildman–Crippen MR) is 85.0 cm³/mol. The van der Waals surface area contributed by atoms with Crippen LogP contribution in [0.2, 0.25) is 0 Å². The Labute approximate surface area is 131 Å². The fourth-order valence-electron chi connectivity index (χ4n) is 2.33. The Morgan fingerprint density at radius 2 is 2.14 bits per heavy atom. The van der Waals surface area contributed by atoms with Crippen LogP contribution in [0.15, 0.2) is 18.2 Å². The lowest BCUT2D eigenvalue weighted by molar-refractivity contribution is 0.175. The summed E-state index contributed by atoms with van der Waals surface area (Å²) in [5, 5.41) is 12.3. The smallest absolute Gasteiger partial charge is 0.317 e. The maximum atomic E-state index is 13.2. The van der Waals surface area contributed by atoms with E-state index in [4.69, 9.17) is 5.73 Å². The Kier molecular flexibility index (Phi) is 6.17. The first-order valence-corrected chi connectivity index (χ1v) is 7.41. The molecule has 1 aromatic carbocycles. The number of benzene rings is 1. The third-order valence-corrected chi connectivity index (χ3v) is 3.60. The van der Waals surface area contributed by atoms with Crippen molar-refractivity contribution in [2.45, 2.75) is 51.7 Å². The van der Waals surface area contributed by atoms with E-state index < -0.39 is 11.6 Å². The molecule has 0 saturated heterocycles. The second kappa shape index (κ2) is 7.45. The molecule has 0 saturated carbocycles. The largest absolute Gasteiger partial charge is 0.505 e. The highest BCUT2D eigenvalue weighted by Crippen LogP contribution is 2.20. The average Bonchev–Trinajstić information content (AvgIpc) is 2.44. The molecular formula is C16H26FN3O2. The number of carbonyl (C=O) groups is 1. The number of amides is 2. The van der Waals surface area contributed by atoms with Crippen molar-refractivity contribution in [1.82, 2.24) is 10.2 Å². The van der Waals surface area contributed by atoms with Gasteiger partial charge in [-0.2, -0.15) is 0 Å². The molecule has 0 aliphatic rings. The highest BCUT2D eigenvalue weighted by atomic mass is 19.1. The second-order valence-corrected chi connectivity index (χ2v) is 6.27. The minimum atomic E-state index is -0.698. The van der Waals surface area contributed by atoms with Gasteiger partial charge < -0.3 is 21.1 Å². The van der Waals surface area contributed by atoms with Crippen molar-refractivity contribution in [3.8, 4) is 5.75 Å². The quantitative estimate of drug-likeness (QED) is 0.755. The molecule has 0 fully saturated rings. The van der Waals surface area contributed by atoms with Crippen LogP contribution in [0.4, 0.5) is 9.18 Å². The van der Waals surface area contributed by atoms with E-state index in [0.29, 0.717) is 12.0 Å². The molecule has 2 amide bonds. The first kappa shape index (κ1) is 18.2. The van der Waals surface area contributed by atoms with Crippen molar-refractivity contribution in [3.63, 3.8) is 0 Å². The fourth-order valence-corrected chi connectivity index (χ4v) is 2.33. The number of phenols is 1. The molecule has 124 valence electrons. The Bertz CT molecular complexity index is 515. The maximum absolute atomic E-state index is 13.2. The summed E-state index contributed by atoms with van der Waals surface area (Å²) in [6, 6.07) is 3.97. The van der Waals surface area contributed by atoms with Gasteiger partial charge in [0.2, 0.25) is 0 Å². The maximum Gasteiger partial charge on any atom is 0.317 e. The highest BCUT2D eigenvalue weighted by Gasteiger charge is 2.24. The molecule has 0 aliphatic heterocycles. The molecule has 1 rings (SSSR count). The average molecular weight is 311 g/mol. The topological polar surface area (TPSA) is 78.6 Å². The molecule has 0 aromatic heterocycles. The molecule has 22 heavy (non-hydrogen) atoms. The van der Waals surface area contributed by atoms with Gasteiger partial charge in [-0.1, -0.05) is 19.1 Å². The minimum Gasteiger partial charge on any atom is -0.505 e. The summed E-state index contributed by atoms with van der Waals surface area (Å²) in [6.07, 6.45) is 1.47.